The molecule has 1 aromatic carbocycles. The van der Waals surface area contributed by atoms with E-state index in [4.69, 9.17) is 0 Å². The summed E-state index contributed by atoms with van der Waals surface area (Å²) in [7, 11) is 0. The smallest absolute Gasteiger partial charge is 0.211 e. The molecule has 4 nitrogen and oxygen atoms in total. The van der Waals surface area contributed by atoms with Gasteiger partial charge in [-0.05, 0) is 11.5 Å². The lowest BCUT2D eigenvalue weighted by Crippen LogP contribution is -2.17. The summed E-state index contributed by atoms with van der Waals surface area (Å²) in [5.74, 6) is 0.0812. The molecule has 1 atom stereocenters. The Morgan fingerprint density at radius 2 is 1.83 bits per heavy atom. The van der Waals surface area contributed by atoms with Gasteiger partial charge < -0.3 is 0 Å². The summed E-state index contributed by atoms with van der Waals surface area (Å²) in [6, 6.07) is 9.24. The Morgan fingerprint density at radius 1 is 1.22 bits per heavy atom. The van der Waals surface area contributed by atoms with Crippen LogP contribution in [-0.2, 0) is 4.79 Å². The number of carbonyl (C=O) groups is 1. The molecule has 0 heterocycles. The number of hydrogen-bond acceptors (Lipinski definition) is 3. The van der Waals surface area contributed by atoms with Crippen molar-refractivity contribution in [1.29, 1.82) is 0 Å². The van der Waals surface area contributed by atoms with Crippen molar-refractivity contribution in [2.75, 3.05) is 6.54 Å². The Bertz CT molecular complexity index is 401. The summed E-state index contributed by atoms with van der Waals surface area (Å²) in [6.45, 7) is 3.76. The lowest BCUT2D eigenvalue weighted by molar-refractivity contribution is -0.483. The monoisotopic (exact) mass is 249 g/mol. The molecule has 1 rings (SSSR count). The quantitative estimate of drug-likeness (QED) is 0.551. The third-order valence-corrected chi connectivity index (χ3v) is 2.75. The number of ketones is 1. The molecule has 0 aliphatic rings. The molecule has 98 valence electrons. The number of carbonyl (C=O) groups excluding carboxylic acids is 1. The molecule has 0 aliphatic carbocycles. The highest BCUT2D eigenvalue weighted by Crippen LogP contribution is 2.21. The van der Waals surface area contributed by atoms with Crippen molar-refractivity contribution < 1.29 is 9.72 Å². The van der Waals surface area contributed by atoms with Crippen molar-refractivity contribution in [3.8, 4) is 0 Å². The van der Waals surface area contributed by atoms with Gasteiger partial charge in [-0.1, -0.05) is 44.2 Å². The second-order valence-electron chi connectivity index (χ2n) is 4.96. The molecule has 0 amide bonds. The van der Waals surface area contributed by atoms with Gasteiger partial charge in [-0.3, -0.25) is 14.9 Å². The molecule has 0 N–H and O–H groups in total. The number of nitrogens with zero attached hydrogens (tertiary/aromatic N) is 1. The van der Waals surface area contributed by atoms with E-state index < -0.39 is 0 Å². The average Bonchev–Trinajstić information content (AvgIpc) is 2.27. The maximum atomic E-state index is 11.8. The van der Waals surface area contributed by atoms with Crippen molar-refractivity contribution in [1.82, 2.24) is 0 Å². The number of rotatable bonds is 7. The number of hydrogen-bond donors (Lipinski definition) is 0. The minimum absolute atomic E-state index is 0.0979. The zero-order chi connectivity index (χ0) is 13.5. The Hall–Kier alpha value is -1.71. The SMILES string of the molecule is CC(C)CC(=O)C[C@H](C[N+](=O)[O-])c1ccccc1. The van der Waals surface area contributed by atoms with Gasteiger partial charge in [-0.25, -0.2) is 0 Å². The second kappa shape index (κ2) is 6.89. The van der Waals surface area contributed by atoms with E-state index in [1.165, 1.54) is 0 Å². The molecule has 0 saturated carbocycles. The third-order valence-electron chi connectivity index (χ3n) is 2.75. The molecular formula is C14H19NO3. The molecule has 0 bridgehead atoms. The highest BCUT2D eigenvalue weighted by atomic mass is 16.6. The van der Waals surface area contributed by atoms with Crippen LogP contribution in [0.3, 0.4) is 0 Å². The van der Waals surface area contributed by atoms with Crippen LogP contribution in [-0.4, -0.2) is 17.3 Å². The van der Waals surface area contributed by atoms with Gasteiger partial charge in [-0.15, -0.1) is 0 Å². The van der Waals surface area contributed by atoms with E-state index in [2.05, 4.69) is 0 Å². The topological polar surface area (TPSA) is 60.2 Å². The summed E-state index contributed by atoms with van der Waals surface area (Å²) in [6.07, 6.45) is 0.740. The van der Waals surface area contributed by atoms with Gasteiger partial charge in [0.25, 0.3) is 0 Å². The molecule has 0 aromatic heterocycles. The first kappa shape index (κ1) is 14.4. The first-order valence-electron chi connectivity index (χ1n) is 6.17. The highest BCUT2D eigenvalue weighted by Gasteiger charge is 2.21. The van der Waals surface area contributed by atoms with E-state index >= 15 is 0 Å². The van der Waals surface area contributed by atoms with Crippen molar-refractivity contribution in [3.05, 3.63) is 46.0 Å². The van der Waals surface area contributed by atoms with Crippen molar-refractivity contribution >= 4 is 5.78 Å². The van der Waals surface area contributed by atoms with Crippen LogP contribution >= 0.6 is 0 Å². The Labute approximate surface area is 107 Å². The lowest BCUT2D eigenvalue weighted by atomic mass is 9.91. The average molecular weight is 249 g/mol. The third kappa shape index (κ3) is 5.08. The fourth-order valence-electron chi connectivity index (χ4n) is 2.01. The highest BCUT2D eigenvalue weighted by molar-refractivity contribution is 5.79. The predicted molar refractivity (Wildman–Crippen MR) is 70.1 cm³/mol. The summed E-state index contributed by atoms with van der Waals surface area (Å²) in [5.41, 5.74) is 0.867. The minimum Gasteiger partial charge on any atom is -0.300 e. The summed E-state index contributed by atoms with van der Waals surface area (Å²) >= 11 is 0. The number of Topliss-reactive ketones (excluding diaryl/α,β-unsaturated/α-hetero) is 1. The van der Waals surface area contributed by atoms with E-state index in [0.29, 0.717) is 12.3 Å². The molecular weight excluding hydrogens is 230 g/mol. The summed E-state index contributed by atoms with van der Waals surface area (Å²) < 4.78 is 0. The van der Waals surface area contributed by atoms with Gasteiger partial charge in [-0.2, -0.15) is 0 Å². The summed E-state index contributed by atoms with van der Waals surface area (Å²) in [4.78, 5) is 22.1. The molecule has 1 aromatic rings. The zero-order valence-corrected chi connectivity index (χ0v) is 10.8. The van der Waals surface area contributed by atoms with Gasteiger partial charge in [0, 0.05) is 17.8 Å². The molecule has 0 unspecified atom stereocenters. The molecule has 0 aliphatic heterocycles. The van der Waals surface area contributed by atoms with Crippen molar-refractivity contribution in [2.24, 2.45) is 5.92 Å². The minimum atomic E-state index is -0.347. The van der Waals surface area contributed by atoms with Crippen LogP contribution in [0.1, 0.15) is 38.2 Å². The Morgan fingerprint density at radius 3 is 2.33 bits per heavy atom. The van der Waals surface area contributed by atoms with Crippen LogP contribution in [0.2, 0.25) is 0 Å². The maximum absolute atomic E-state index is 11.8. The zero-order valence-electron chi connectivity index (χ0n) is 10.8. The second-order valence-corrected chi connectivity index (χ2v) is 4.96. The first-order chi connectivity index (χ1) is 8.49. The maximum Gasteiger partial charge on any atom is 0.211 e. The number of benzene rings is 1. The van der Waals surface area contributed by atoms with Crippen molar-refractivity contribution in [3.63, 3.8) is 0 Å². The fraction of sp³-hybridized carbons (Fsp3) is 0.500. The van der Waals surface area contributed by atoms with Gasteiger partial charge in [0.05, 0.1) is 5.92 Å². The largest absolute Gasteiger partial charge is 0.300 e. The van der Waals surface area contributed by atoms with Crippen LogP contribution in [0.15, 0.2) is 30.3 Å². The summed E-state index contributed by atoms with van der Waals surface area (Å²) in [5, 5.41) is 10.7. The van der Waals surface area contributed by atoms with E-state index in [-0.39, 0.29) is 29.6 Å². The Balaban J connectivity index is 2.73. The van der Waals surface area contributed by atoms with E-state index in [0.717, 1.165) is 5.56 Å². The van der Waals surface area contributed by atoms with Crippen LogP contribution in [0.4, 0.5) is 0 Å². The van der Waals surface area contributed by atoms with E-state index in [1.807, 2.05) is 44.2 Å². The lowest BCUT2D eigenvalue weighted by Gasteiger charge is -2.13. The van der Waals surface area contributed by atoms with Crippen LogP contribution < -0.4 is 0 Å². The number of nitro groups is 1. The van der Waals surface area contributed by atoms with Crippen molar-refractivity contribution in [2.45, 2.75) is 32.6 Å². The molecule has 4 heteroatoms. The van der Waals surface area contributed by atoms with Gasteiger partial charge in [0.2, 0.25) is 6.54 Å². The van der Waals surface area contributed by atoms with E-state index in [1.54, 1.807) is 0 Å². The molecule has 0 fully saturated rings. The van der Waals surface area contributed by atoms with Crippen LogP contribution in [0, 0.1) is 16.0 Å². The normalized spacial score (nSPS) is 12.4. The predicted octanol–water partition coefficient (Wildman–Crippen LogP) is 3.05. The Kier molecular flexibility index (Phi) is 5.49. The molecule has 0 spiro atoms. The van der Waals surface area contributed by atoms with Gasteiger partial charge >= 0.3 is 0 Å². The molecule has 0 radical (unpaired) electrons. The molecule has 18 heavy (non-hydrogen) atoms. The van der Waals surface area contributed by atoms with Crippen LogP contribution in [0.25, 0.3) is 0 Å². The first-order valence-corrected chi connectivity index (χ1v) is 6.17. The van der Waals surface area contributed by atoms with E-state index in [9.17, 15) is 14.9 Å². The molecule has 0 saturated heterocycles. The van der Waals surface area contributed by atoms with Crippen LogP contribution in [0.5, 0.6) is 0 Å². The van der Waals surface area contributed by atoms with Gasteiger partial charge in [0.1, 0.15) is 5.78 Å². The standard InChI is InChI=1S/C14H19NO3/c1-11(2)8-14(16)9-13(10-15(17)18)12-6-4-3-5-7-12/h3-7,11,13H,8-10H2,1-2H3/t13-/m1/s1. The van der Waals surface area contributed by atoms with Gasteiger partial charge in [0.15, 0.2) is 0 Å². The fourth-order valence-corrected chi connectivity index (χ4v) is 2.01.